The lowest BCUT2D eigenvalue weighted by Crippen LogP contribution is -2.36. The standard InChI is InChI=1S/C18H21FN6O2/c19-14-9-12(3-4-15(14)25-5-7-27-8-6-25)23-18-21-10-13(16(20)26)17(24-18)22-11-1-2-11/h3-4,9-11H,1-2,5-8H2,(H2,20,26)(H2,21,22,23,24). The van der Waals surface area contributed by atoms with Crippen LogP contribution in [0.3, 0.4) is 0 Å². The highest BCUT2D eigenvalue weighted by molar-refractivity contribution is 5.97. The molecule has 8 nitrogen and oxygen atoms in total. The van der Waals surface area contributed by atoms with Crippen molar-refractivity contribution in [1.29, 1.82) is 0 Å². The third-order valence-electron chi connectivity index (χ3n) is 4.53. The van der Waals surface area contributed by atoms with Crippen LogP contribution in [-0.4, -0.2) is 48.2 Å². The molecule has 1 aliphatic heterocycles. The van der Waals surface area contributed by atoms with E-state index in [-0.39, 0.29) is 17.3 Å². The number of carbonyl (C=O) groups excluding carboxylic acids is 1. The van der Waals surface area contributed by atoms with Crippen molar-refractivity contribution in [3.63, 3.8) is 0 Å². The highest BCUT2D eigenvalue weighted by Gasteiger charge is 2.24. The molecule has 1 aromatic heterocycles. The van der Waals surface area contributed by atoms with Crippen LogP contribution in [0.2, 0.25) is 0 Å². The van der Waals surface area contributed by atoms with E-state index >= 15 is 0 Å². The van der Waals surface area contributed by atoms with E-state index in [1.807, 2.05) is 4.90 Å². The van der Waals surface area contributed by atoms with Gasteiger partial charge in [0.2, 0.25) is 5.95 Å². The molecule has 0 radical (unpaired) electrons. The zero-order chi connectivity index (χ0) is 18.8. The smallest absolute Gasteiger partial charge is 0.254 e. The van der Waals surface area contributed by atoms with E-state index in [1.54, 1.807) is 12.1 Å². The second-order valence-corrected chi connectivity index (χ2v) is 6.63. The van der Waals surface area contributed by atoms with E-state index in [1.165, 1.54) is 12.3 Å². The van der Waals surface area contributed by atoms with Crippen LogP contribution < -0.4 is 21.3 Å². The second-order valence-electron chi connectivity index (χ2n) is 6.63. The fourth-order valence-corrected chi connectivity index (χ4v) is 2.93. The van der Waals surface area contributed by atoms with Crippen molar-refractivity contribution in [2.75, 3.05) is 41.8 Å². The Labute approximate surface area is 155 Å². The fraction of sp³-hybridized carbons (Fsp3) is 0.389. The number of nitrogens with two attached hydrogens (primary N) is 1. The fourth-order valence-electron chi connectivity index (χ4n) is 2.93. The SMILES string of the molecule is NC(=O)c1cnc(Nc2ccc(N3CCOCC3)c(F)c2)nc1NC1CC1. The van der Waals surface area contributed by atoms with E-state index in [0.29, 0.717) is 49.5 Å². The molecule has 2 aromatic rings. The Balaban J connectivity index is 1.52. The number of morpholine rings is 1. The maximum absolute atomic E-state index is 14.5. The molecule has 0 atom stereocenters. The average Bonchev–Trinajstić information content (AvgIpc) is 3.46. The first-order chi connectivity index (χ1) is 13.1. The molecule has 0 bridgehead atoms. The Bertz CT molecular complexity index is 852. The summed E-state index contributed by atoms with van der Waals surface area (Å²) in [5, 5.41) is 6.15. The van der Waals surface area contributed by atoms with Crippen LogP contribution in [0, 0.1) is 5.82 Å². The minimum absolute atomic E-state index is 0.237. The van der Waals surface area contributed by atoms with Gasteiger partial charge in [-0.05, 0) is 31.0 Å². The summed E-state index contributed by atoms with van der Waals surface area (Å²) in [6, 6.07) is 5.21. The Morgan fingerprint density at radius 2 is 2.07 bits per heavy atom. The van der Waals surface area contributed by atoms with Gasteiger partial charge in [0, 0.05) is 31.0 Å². The number of aromatic nitrogens is 2. The van der Waals surface area contributed by atoms with Gasteiger partial charge < -0.3 is 26.0 Å². The molecule has 1 aliphatic carbocycles. The highest BCUT2D eigenvalue weighted by atomic mass is 19.1. The molecule has 2 fully saturated rings. The zero-order valence-corrected chi connectivity index (χ0v) is 14.7. The molecule has 1 saturated carbocycles. The van der Waals surface area contributed by atoms with Crippen LogP contribution in [0.1, 0.15) is 23.2 Å². The van der Waals surface area contributed by atoms with Gasteiger partial charge in [0.1, 0.15) is 11.6 Å². The quantitative estimate of drug-likeness (QED) is 0.711. The largest absolute Gasteiger partial charge is 0.378 e. The van der Waals surface area contributed by atoms with Crippen molar-refractivity contribution in [3.05, 3.63) is 35.8 Å². The number of amides is 1. The summed E-state index contributed by atoms with van der Waals surface area (Å²) >= 11 is 0. The number of halogens is 1. The average molecular weight is 372 g/mol. The van der Waals surface area contributed by atoms with E-state index in [4.69, 9.17) is 10.5 Å². The summed E-state index contributed by atoms with van der Waals surface area (Å²) in [5.74, 6) is -0.257. The summed E-state index contributed by atoms with van der Waals surface area (Å²) < 4.78 is 19.8. The van der Waals surface area contributed by atoms with Crippen LogP contribution in [-0.2, 0) is 4.74 Å². The van der Waals surface area contributed by atoms with Gasteiger partial charge in [0.25, 0.3) is 5.91 Å². The number of carbonyl (C=O) groups is 1. The van der Waals surface area contributed by atoms with Gasteiger partial charge in [0.15, 0.2) is 0 Å². The predicted molar refractivity (Wildman–Crippen MR) is 99.9 cm³/mol. The lowest BCUT2D eigenvalue weighted by atomic mass is 10.2. The predicted octanol–water partition coefficient (Wildman–Crippen LogP) is 1.87. The van der Waals surface area contributed by atoms with Crippen molar-refractivity contribution in [2.45, 2.75) is 18.9 Å². The number of ether oxygens (including phenoxy) is 1. The molecule has 9 heteroatoms. The number of nitrogens with zero attached hydrogens (tertiary/aromatic N) is 3. The molecule has 27 heavy (non-hydrogen) atoms. The monoisotopic (exact) mass is 372 g/mol. The molecular weight excluding hydrogens is 351 g/mol. The third-order valence-corrected chi connectivity index (χ3v) is 4.53. The van der Waals surface area contributed by atoms with Gasteiger partial charge in [-0.3, -0.25) is 4.79 Å². The summed E-state index contributed by atoms with van der Waals surface area (Å²) in [6.07, 6.45) is 3.43. The third kappa shape index (κ3) is 4.08. The van der Waals surface area contributed by atoms with Crippen LogP contribution in [0.5, 0.6) is 0 Å². The second kappa shape index (κ2) is 7.36. The molecule has 4 N–H and O–H groups in total. The summed E-state index contributed by atoms with van der Waals surface area (Å²) in [5.41, 5.74) is 6.68. The number of hydrogen-bond donors (Lipinski definition) is 3. The van der Waals surface area contributed by atoms with Crippen LogP contribution in [0.4, 0.5) is 27.5 Å². The number of primary amides is 1. The van der Waals surface area contributed by atoms with Gasteiger partial charge in [-0.15, -0.1) is 0 Å². The Hall–Kier alpha value is -2.94. The normalized spacial score (nSPS) is 16.9. The lowest BCUT2D eigenvalue weighted by molar-refractivity contribution is 0.100. The first kappa shape index (κ1) is 17.5. The minimum atomic E-state index is -0.592. The summed E-state index contributed by atoms with van der Waals surface area (Å²) in [4.78, 5) is 21.9. The van der Waals surface area contributed by atoms with Crippen LogP contribution in [0.25, 0.3) is 0 Å². The molecule has 0 unspecified atom stereocenters. The molecule has 142 valence electrons. The first-order valence-electron chi connectivity index (χ1n) is 8.93. The first-order valence-corrected chi connectivity index (χ1v) is 8.93. The maximum atomic E-state index is 14.5. The topological polar surface area (TPSA) is 105 Å². The van der Waals surface area contributed by atoms with Crippen LogP contribution in [0.15, 0.2) is 24.4 Å². The summed E-state index contributed by atoms with van der Waals surface area (Å²) in [7, 11) is 0. The summed E-state index contributed by atoms with van der Waals surface area (Å²) in [6.45, 7) is 2.52. The van der Waals surface area contributed by atoms with E-state index in [0.717, 1.165) is 12.8 Å². The lowest BCUT2D eigenvalue weighted by Gasteiger charge is -2.29. The molecular formula is C18H21FN6O2. The van der Waals surface area contributed by atoms with Crippen molar-refractivity contribution in [3.8, 4) is 0 Å². The number of rotatable bonds is 6. The number of nitrogens with one attached hydrogen (secondary N) is 2. The van der Waals surface area contributed by atoms with Gasteiger partial charge in [-0.2, -0.15) is 4.98 Å². The zero-order valence-electron chi connectivity index (χ0n) is 14.7. The molecule has 1 aromatic carbocycles. The Kier molecular flexibility index (Phi) is 4.76. The van der Waals surface area contributed by atoms with Gasteiger partial charge in [-0.1, -0.05) is 0 Å². The van der Waals surface area contributed by atoms with Crippen molar-refractivity contribution >= 4 is 29.0 Å². The van der Waals surface area contributed by atoms with E-state index < -0.39 is 5.91 Å². The molecule has 0 spiro atoms. The number of benzene rings is 1. The maximum Gasteiger partial charge on any atom is 0.254 e. The van der Waals surface area contributed by atoms with E-state index in [2.05, 4.69) is 20.6 Å². The van der Waals surface area contributed by atoms with Gasteiger partial charge in [0.05, 0.1) is 24.5 Å². The van der Waals surface area contributed by atoms with Crippen molar-refractivity contribution in [1.82, 2.24) is 9.97 Å². The minimum Gasteiger partial charge on any atom is -0.378 e. The highest BCUT2D eigenvalue weighted by Crippen LogP contribution is 2.28. The molecule has 2 aliphatic rings. The Morgan fingerprint density at radius 3 is 2.74 bits per heavy atom. The molecule has 2 heterocycles. The van der Waals surface area contributed by atoms with Crippen molar-refractivity contribution < 1.29 is 13.9 Å². The number of hydrogen-bond acceptors (Lipinski definition) is 7. The molecule has 1 saturated heterocycles. The van der Waals surface area contributed by atoms with Crippen molar-refractivity contribution in [2.24, 2.45) is 5.73 Å². The number of anilines is 4. The van der Waals surface area contributed by atoms with Gasteiger partial charge in [-0.25, -0.2) is 9.37 Å². The van der Waals surface area contributed by atoms with Crippen LogP contribution >= 0.6 is 0 Å². The molecule has 1 amide bonds. The Morgan fingerprint density at radius 1 is 1.30 bits per heavy atom. The molecule has 4 rings (SSSR count). The van der Waals surface area contributed by atoms with E-state index in [9.17, 15) is 9.18 Å². The van der Waals surface area contributed by atoms with Gasteiger partial charge >= 0.3 is 0 Å².